The predicted octanol–water partition coefficient (Wildman–Crippen LogP) is 1.65. The molecule has 22 heavy (non-hydrogen) atoms. The second kappa shape index (κ2) is 7.06. The Bertz CT molecular complexity index is 632. The van der Waals surface area contributed by atoms with Gasteiger partial charge in [0.1, 0.15) is 4.88 Å². The van der Waals surface area contributed by atoms with Gasteiger partial charge < -0.3 is 4.90 Å². The second-order valence-corrected chi connectivity index (χ2v) is 8.80. The highest BCUT2D eigenvalue weighted by Crippen LogP contribution is 2.20. The molecule has 1 aromatic rings. The maximum absolute atomic E-state index is 12.5. The van der Waals surface area contributed by atoms with Crippen LogP contribution >= 0.6 is 11.3 Å². The molecule has 0 spiro atoms. The van der Waals surface area contributed by atoms with E-state index in [1.807, 2.05) is 20.8 Å². The van der Waals surface area contributed by atoms with Crippen molar-refractivity contribution in [2.75, 3.05) is 31.9 Å². The molecule has 0 saturated carbocycles. The molecule has 1 fully saturated rings. The van der Waals surface area contributed by atoms with Crippen LogP contribution in [0.1, 0.15) is 40.1 Å². The van der Waals surface area contributed by atoms with Crippen molar-refractivity contribution in [2.24, 2.45) is 0 Å². The van der Waals surface area contributed by atoms with Gasteiger partial charge in [0.2, 0.25) is 10.0 Å². The number of carbonyl (C=O) groups is 1. The smallest absolute Gasteiger partial charge is 0.265 e. The minimum Gasteiger partial charge on any atom is -0.335 e. The number of carbonyl (C=O) groups excluding carboxylic acids is 1. The standard InChI is InChI=1S/C14H23N3O3S2/c1-4-5-10-22(19,20)17-8-6-16(7-9-17)14(18)13-11(2)15-12(3)21-13/h4-10H2,1-3H3. The van der Waals surface area contributed by atoms with Crippen LogP contribution in [0.25, 0.3) is 0 Å². The maximum atomic E-state index is 12.5. The average molecular weight is 345 g/mol. The Morgan fingerprint density at radius 3 is 2.36 bits per heavy atom. The van der Waals surface area contributed by atoms with Gasteiger partial charge in [0.25, 0.3) is 5.91 Å². The van der Waals surface area contributed by atoms with Crippen molar-refractivity contribution in [3.63, 3.8) is 0 Å². The zero-order valence-electron chi connectivity index (χ0n) is 13.3. The molecule has 1 aromatic heterocycles. The zero-order chi connectivity index (χ0) is 16.3. The van der Waals surface area contributed by atoms with E-state index in [0.29, 0.717) is 37.5 Å². The predicted molar refractivity (Wildman–Crippen MR) is 87.8 cm³/mol. The van der Waals surface area contributed by atoms with Crippen molar-refractivity contribution in [1.29, 1.82) is 0 Å². The van der Waals surface area contributed by atoms with Crippen LogP contribution in [0.15, 0.2) is 0 Å². The van der Waals surface area contributed by atoms with E-state index in [4.69, 9.17) is 0 Å². The highest BCUT2D eigenvalue weighted by atomic mass is 32.2. The van der Waals surface area contributed by atoms with E-state index >= 15 is 0 Å². The van der Waals surface area contributed by atoms with Crippen LogP contribution in [0, 0.1) is 13.8 Å². The van der Waals surface area contributed by atoms with Gasteiger partial charge in [-0.25, -0.2) is 13.4 Å². The Morgan fingerprint density at radius 2 is 1.86 bits per heavy atom. The highest BCUT2D eigenvalue weighted by Gasteiger charge is 2.29. The van der Waals surface area contributed by atoms with Crippen LogP contribution in [0.5, 0.6) is 0 Å². The first-order chi connectivity index (χ1) is 10.3. The quantitative estimate of drug-likeness (QED) is 0.813. The fourth-order valence-electron chi connectivity index (χ4n) is 2.50. The third-order valence-corrected chi connectivity index (χ3v) is 6.79. The van der Waals surface area contributed by atoms with Crippen molar-refractivity contribution in [3.05, 3.63) is 15.6 Å². The molecular formula is C14H23N3O3S2. The SMILES string of the molecule is CCCCS(=O)(=O)N1CCN(C(=O)c2sc(C)nc2C)CC1. The van der Waals surface area contributed by atoms with Crippen molar-refractivity contribution in [3.8, 4) is 0 Å². The molecule has 1 amide bonds. The summed E-state index contributed by atoms with van der Waals surface area (Å²) >= 11 is 1.40. The van der Waals surface area contributed by atoms with Crippen LogP contribution in [-0.2, 0) is 10.0 Å². The number of unbranched alkanes of at least 4 members (excludes halogenated alkanes) is 1. The fourth-order valence-corrected chi connectivity index (χ4v) is 5.02. The normalized spacial score (nSPS) is 17.0. The number of amides is 1. The van der Waals surface area contributed by atoms with Crippen LogP contribution in [0.3, 0.4) is 0 Å². The van der Waals surface area contributed by atoms with Gasteiger partial charge in [-0.3, -0.25) is 4.79 Å². The first kappa shape index (κ1) is 17.4. The summed E-state index contributed by atoms with van der Waals surface area (Å²) in [5.74, 6) is 0.165. The molecule has 124 valence electrons. The molecule has 1 aliphatic rings. The maximum Gasteiger partial charge on any atom is 0.265 e. The molecule has 0 radical (unpaired) electrons. The van der Waals surface area contributed by atoms with E-state index in [-0.39, 0.29) is 11.7 Å². The Hall–Kier alpha value is -0.990. The molecule has 0 atom stereocenters. The van der Waals surface area contributed by atoms with Gasteiger partial charge in [-0.05, 0) is 20.3 Å². The third-order valence-electron chi connectivity index (χ3n) is 3.77. The Morgan fingerprint density at radius 1 is 1.23 bits per heavy atom. The molecule has 8 heteroatoms. The Labute approximate surface area is 136 Å². The monoisotopic (exact) mass is 345 g/mol. The molecule has 6 nitrogen and oxygen atoms in total. The summed E-state index contributed by atoms with van der Waals surface area (Å²) in [6, 6.07) is 0. The number of hydrogen-bond donors (Lipinski definition) is 0. The number of sulfonamides is 1. The fraction of sp³-hybridized carbons (Fsp3) is 0.714. The molecule has 0 aromatic carbocycles. The van der Waals surface area contributed by atoms with Gasteiger partial charge >= 0.3 is 0 Å². The van der Waals surface area contributed by atoms with Crippen LogP contribution in [-0.4, -0.2) is 60.4 Å². The number of thiazole rings is 1. The lowest BCUT2D eigenvalue weighted by Gasteiger charge is -2.33. The van der Waals surface area contributed by atoms with Gasteiger partial charge in [0.15, 0.2) is 0 Å². The zero-order valence-corrected chi connectivity index (χ0v) is 15.0. The van der Waals surface area contributed by atoms with E-state index in [0.717, 1.165) is 17.1 Å². The molecule has 2 heterocycles. The van der Waals surface area contributed by atoms with Crippen LogP contribution < -0.4 is 0 Å². The van der Waals surface area contributed by atoms with Crippen molar-refractivity contribution in [2.45, 2.75) is 33.6 Å². The summed E-state index contributed by atoms with van der Waals surface area (Å²) in [6.45, 7) is 7.35. The minimum atomic E-state index is -3.18. The molecule has 0 bridgehead atoms. The molecular weight excluding hydrogens is 322 g/mol. The number of aromatic nitrogens is 1. The first-order valence-corrected chi connectivity index (χ1v) is 9.99. The van der Waals surface area contributed by atoms with Gasteiger partial charge in [-0.2, -0.15) is 4.31 Å². The van der Waals surface area contributed by atoms with Gasteiger partial charge in [-0.15, -0.1) is 11.3 Å². The van der Waals surface area contributed by atoms with Gasteiger partial charge in [-0.1, -0.05) is 13.3 Å². The van der Waals surface area contributed by atoms with E-state index in [2.05, 4.69) is 4.98 Å². The van der Waals surface area contributed by atoms with E-state index in [1.165, 1.54) is 15.6 Å². The Kier molecular flexibility index (Phi) is 5.57. The summed E-state index contributed by atoms with van der Waals surface area (Å²) in [7, 11) is -3.18. The molecule has 1 saturated heterocycles. The van der Waals surface area contributed by atoms with Gasteiger partial charge in [0, 0.05) is 26.2 Å². The van der Waals surface area contributed by atoms with E-state index < -0.39 is 10.0 Å². The van der Waals surface area contributed by atoms with E-state index in [1.54, 1.807) is 4.90 Å². The second-order valence-electron chi connectivity index (χ2n) is 5.51. The summed E-state index contributed by atoms with van der Waals surface area (Å²) < 4.78 is 25.8. The molecule has 0 N–H and O–H groups in total. The first-order valence-electron chi connectivity index (χ1n) is 7.56. The number of piperazine rings is 1. The van der Waals surface area contributed by atoms with Crippen molar-refractivity contribution >= 4 is 27.3 Å². The molecule has 1 aliphatic heterocycles. The van der Waals surface area contributed by atoms with Crippen molar-refractivity contribution < 1.29 is 13.2 Å². The van der Waals surface area contributed by atoms with E-state index in [9.17, 15) is 13.2 Å². The lowest BCUT2D eigenvalue weighted by Crippen LogP contribution is -2.51. The van der Waals surface area contributed by atoms with Crippen LogP contribution in [0.4, 0.5) is 0 Å². The number of rotatable bonds is 5. The van der Waals surface area contributed by atoms with Crippen molar-refractivity contribution in [1.82, 2.24) is 14.2 Å². The topological polar surface area (TPSA) is 70.6 Å². The Balaban J connectivity index is 1.97. The highest BCUT2D eigenvalue weighted by molar-refractivity contribution is 7.89. The lowest BCUT2D eigenvalue weighted by atomic mass is 10.3. The molecule has 2 rings (SSSR count). The summed E-state index contributed by atoms with van der Waals surface area (Å²) in [6.07, 6.45) is 1.54. The number of hydrogen-bond acceptors (Lipinski definition) is 5. The molecule has 0 aliphatic carbocycles. The summed E-state index contributed by atoms with van der Waals surface area (Å²) in [5, 5.41) is 0.877. The molecule has 0 unspecified atom stereocenters. The summed E-state index contributed by atoms with van der Waals surface area (Å²) in [4.78, 5) is 19.2. The largest absolute Gasteiger partial charge is 0.335 e. The number of nitrogens with zero attached hydrogens (tertiary/aromatic N) is 3. The minimum absolute atomic E-state index is 0.0336. The number of aryl methyl sites for hydroxylation is 2. The third kappa shape index (κ3) is 3.85. The van der Waals surface area contributed by atoms with Crippen LogP contribution in [0.2, 0.25) is 0 Å². The van der Waals surface area contributed by atoms with Gasteiger partial charge in [0.05, 0.1) is 16.5 Å². The average Bonchev–Trinajstić information content (AvgIpc) is 2.83. The lowest BCUT2D eigenvalue weighted by molar-refractivity contribution is 0.0702. The summed E-state index contributed by atoms with van der Waals surface area (Å²) in [5.41, 5.74) is 0.755.